The zero-order valence-corrected chi connectivity index (χ0v) is 35.6. The molecule has 0 fully saturated rings. The monoisotopic (exact) mass is 856 g/mol. The second-order valence-electron chi connectivity index (χ2n) is 15.8. The standard InChI is InChI=1S/C44H68N6O11/c1-30(51)49-37(20-21-41(56)57)43(59)50-38(44(60)61)23-26-47-42(58)31(27-32-29-48-36-18-13-12-17-34(32)36)28-39(53)35(45)22-25-46-24-14-16-33(52)15-10-8-6-4-2-3-5-7-9-11-19-40(54)55/h12-13,17-18,29,31,35,37-38,46,48H,2-11,14-16,19-28,45H2,1H3,(H,47,58)(H,49,51)(H,50,59)(H,54,55)(H,56,57)(H,60,61)/t31-,35-,37+,38+/m0/s1. The molecule has 0 aliphatic rings. The number of carbonyl (C=O) groups is 8. The van der Waals surface area contributed by atoms with Crippen molar-refractivity contribution in [3.05, 3.63) is 36.0 Å². The average Bonchev–Trinajstić information content (AvgIpc) is 3.62. The van der Waals surface area contributed by atoms with Crippen LogP contribution in [0.25, 0.3) is 10.9 Å². The first-order chi connectivity index (χ1) is 29.2. The lowest BCUT2D eigenvalue weighted by Crippen LogP contribution is -2.52. The number of carboxylic acids is 3. The second-order valence-corrected chi connectivity index (χ2v) is 15.8. The van der Waals surface area contributed by atoms with Crippen molar-refractivity contribution in [2.24, 2.45) is 11.7 Å². The van der Waals surface area contributed by atoms with E-state index >= 15 is 0 Å². The number of ketones is 2. The van der Waals surface area contributed by atoms with Gasteiger partial charge in [0.25, 0.3) is 0 Å². The normalized spacial score (nSPS) is 13.1. The summed E-state index contributed by atoms with van der Waals surface area (Å²) in [6.07, 6.45) is 13.6. The van der Waals surface area contributed by atoms with Crippen molar-refractivity contribution >= 4 is 58.1 Å². The smallest absolute Gasteiger partial charge is 0.326 e. The third-order valence-corrected chi connectivity index (χ3v) is 10.6. The average molecular weight is 857 g/mol. The Kier molecular flexibility index (Phi) is 25.5. The van der Waals surface area contributed by atoms with Crippen LogP contribution in [-0.2, 0) is 44.8 Å². The number of hydrogen-bond acceptors (Lipinski definition) is 10. The molecule has 17 heteroatoms. The Labute approximate surface area is 358 Å². The molecule has 0 radical (unpaired) electrons. The Balaban J connectivity index is 1.79. The summed E-state index contributed by atoms with van der Waals surface area (Å²) in [5.41, 5.74) is 7.95. The maximum atomic E-state index is 13.6. The molecule has 1 aromatic carbocycles. The number of rotatable bonds is 36. The van der Waals surface area contributed by atoms with Crippen molar-refractivity contribution in [2.75, 3.05) is 19.6 Å². The number of benzene rings is 1. The fourth-order valence-corrected chi connectivity index (χ4v) is 7.11. The number of fused-ring (bicyclic) bond motifs is 1. The van der Waals surface area contributed by atoms with E-state index in [1.807, 2.05) is 24.3 Å². The number of carbonyl (C=O) groups excluding carboxylic acids is 5. The number of aliphatic carboxylic acids is 3. The Morgan fingerprint density at radius 1 is 0.656 bits per heavy atom. The molecule has 4 atom stereocenters. The molecule has 0 bridgehead atoms. The van der Waals surface area contributed by atoms with E-state index in [1.165, 1.54) is 6.42 Å². The van der Waals surface area contributed by atoms with Gasteiger partial charge in [-0.25, -0.2) is 4.79 Å². The van der Waals surface area contributed by atoms with Crippen molar-refractivity contribution in [3.63, 3.8) is 0 Å². The highest BCUT2D eigenvalue weighted by atomic mass is 16.4. The maximum Gasteiger partial charge on any atom is 0.326 e. The highest BCUT2D eigenvalue weighted by molar-refractivity contribution is 5.92. The molecular formula is C44H68N6O11. The van der Waals surface area contributed by atoms with Crippen LogP contribution in [0.1, 0.15) is 134 Å². The molecule has 0 spiro atoms. The Morgan fingerprint density at radius 2 is 1.26 bits per heavy atom. The summed E-state index contributed by atoms with van der Waals surface area (Å²) in [5.74, 6) is -6.21. The van der Waals surface area contributed by atoms with E-state index in [0.29, 0.717) is 38.8 Å². The van der Waals surface area contributed by atoms with Gasteiger partial charge in [-0.15, -0.1) is 0 Å². The highest BCUT2D eigenvalue weighted by Crippen LogP contribution is 2.23. The number of Topliss-reactive ketones (excluding diaryl/α,β-unsaturated/α-hetero) is 2. The van der Waals surface area contributed by atoms with Crippen LogP contribution in [0.2, 0.25) is 0 Å². The largest absolute Gasteiger partial charge is 0.481 e. The summed E-state index contributed by atoms with van der Waals surface area (Å²) >= 11 is 0. The van der Waals surface area contributed by atoms with Crippen LogP contribution in [0.3, 0.4) is 0 Å². The number of carboxylic acid groups (broad SMARTS) is 3. The molecule has 3 amide bonds. The van der Waals surface area contributed by atoms with E-state index in [2.05, 4.69) is 26.3 Å². The minimum atomic E-state index is -1.46. The number of H-pyrrole nitrogens is 1. The van der Waals surface area contributed by atoms with Gasteiger partial charge in [0.05, 0.1) is 6.04 Å². The van der Waals surface area contributed by atoms with Gasteiger partial charge in [-0.3, -0.25) is 33.6 Å². The molecule has 0 saturated heterocycles. The molecule has 61 heavy (non-hydrogen) atoms. The van der Waals surface area contributed by atoms with Gasteiger partial charge in [-0.1, -0.05) is 69.6 Å². The number of aromatic amines is 1. The number of amides is 3. The van der Waals surface area contributed by atoms with Crippen LogP contribution in [0, 0.1) is 5.92 Å². The lowest BCUT2D eigenvalue weighted by Gasteiger charge is -2.22. The first kappa shape index (κ1) is 52.0. The lowest BCUT2D eigenvalue weighted by atomic mass is 9.90. The molecule has 2 aromatic rings. The van der Waals surface area contributed by atoms with Crippen LogP contribution >= 0.6 is 0 Å². The molecule has 1 heterocycles. The lowest BCUT2D eigenvalue weighted by molar-refractivity contribution is -0.143. The Bertz CT molecular complexity index is 1710. The van der Waals surface area contributed by atoms with E-state index in [9.17, 15) is 43.5 Å². The van der Waals surface area contributed by atoms with Crippen LogP contribution in [0.5, 0.6) is 0 Å². The van der Waals surface area contributed by atoms with Crippen LogP contribution < -0.4 is 27.0 Å². The minimum absolute atomic E-state index is 0.168. The van der Waals surface area contributed by atoms with Gasteiger partial charge in [0.2, 0.25) is 17.7 Å². The second kappa shape index (κ2) is 30.0. The predicted octanol–water partition coefficient (Wildman–Crippen LogP) is 4.15. The highest BCUT2D eigenvalue weighted by Gasteiger charge is 2.29. The summed E-state index contributed by atoms with van der Waals surface area (Å²) in [6.45, 7) is 2.02. The fraction of sp³-hybridized carbons (Fsp3) is 0.636. The summed E-state index contributed by atoms with van der Waals surface area (Å²) in [4.78, 5) is 100. The first-order valence-corrected chi connectivity index (χ1v) is 21.7. The van der Waals surface area contributed by atoms with Crippen LogP contribution in [0.4, 0.5) is 0 Å². The van der Waals surface area contributed by atoms with Crippen molar-refractivity contribution < 1.29 is 53.7 Å². The number of aromatic nitrogens is 1. The summed E-state index contributed by atoms with van der Waals surface area (Å²) in [7, 11) is 0. The molecule has 17 nitrogen and oxygen atoms in total. The third kappa shape index (κ3) is 22.9. The summed E-state index contributed by atoms with van der Waals surface area (Å²) in [6, 6.07) is 3.94. The predicted molar refractivity (Wildman–Crippen MR) is 230 cm³/mol. The quantitative estimate of drug-likeness (QED) is 0.0436. The topological polar surface area (TPSA) is 287 Å². The molecule has 1 aromatic heterocycles. The van der Waals surface area contributed by atoms with E-state index < -0.39 is 66.1 Å². The summed E-state index contributed by atoms with van der Waals surface area (Å²) in [5, 5.41) is 38.9. The van der Waals surface area contributed by atoms with Gasteiger partial charge >= 0.3 is 17.9 Å². The molecule has 340 valence electrons. The Hall–Kier alpha value is -5.16. The molecule has 0 aliphatic heterocycles. The molecule has 10 N–H and O–H groups in total. The SMILES string of the molecule is CC(=O)N[C@H](CCC(=O)O)C(=O)N[C@H](CCNC(=O)[C@H](CC(=O)[C@@H](N)CCNCCCC(=O)CCCCCCCCCCCCC(=O)O)Cc1c[nH]c2ccccc12)C(=O)O. The van der Waals surface area contributed by atoms with Crippen LogP contribution in [-0.4, -0.2) is 105 Å². The van der Waals surface area contributed by atoms with E-state index in [1.54, 1.807) is 6.20 Å². The number of nitrogens with two attached hydrogens (primary N) is 1. The zero-order valence-electron chi connectivity index (χ0n) is 35.6. The van der Waals surface area contributed by atoms with Gasteiger partial charge in [0.1, 0.15) is 23.7 Å². The Morgan fingerprint density at radius 3 is 1.89 bits per heavy atom. The van der Waals surface area contributed by atoms with Crippen molar-refractivity contribution in [3.8, 4) is 0 Å². The first-order valence-electron chi connectivity index (χ1n) is 21.7. The molecule has 0 saturated carbocycles. The molecular weight excluding hydrogens is 789 g/mol. The zero-order chi connectivity index (χ0) is 45.0. The molecule has 2 rings (SSSR count). The molecule has 0 unspecified atom stereocenters. The van der Waals surface area contributed by atoms with Crippen molar-refractivity contribution in [1.29, 1.82) is 0 Å². The summed E-state index contributed by atoms with van der Waals surface area (Å²) < 4.78 is 0. The molecule has 0 aliphatic carbocycles. The number of hydrogen-bond donors (Lipinski definition) is 9. The van der Waals surface area contributed by atoms with E-state index in [-0.39, 0.29) is 50.2 Å². The maximum absolute atomic E-state index is 13.6. The van der Waals surface area contributed by atoms with Gasteiger partial charge in [0, 0.05) is 68.6 Å². The number of nitrogens with one attached hydrogen (secondary N) is 5. The number of para-hydroxylation sites is 1. The van der Waals surface area contributed by atoms with E-state index in [0.717, 1.165) is 81.2 Å². The van der Waals surface area contributed by atoms with Crippen LogP contribution in [0.15, 0.2) is 30.5 Å². The van der Waals surface area contributed by atoms with Gasteiger partial charge in [0.15, 0.2) is 0 Å². The minimum Gasteiger partial charge on any atom is -0.481 e. The van der Waals surface area contributed by atoms with Gasteiger partial charge < -0.3 is 47.3 Å². The van der Waals surface area contributed by atoms with Gasteiger partial charge in [-0.2, -0.15) is 0 Å². The number of unbranched alkanes of at least 4 members (excludes halogenated alkanes) is 9. The van der Waals surface area contributed by atoms with Gasteiger partial charge in [-0.05, 0) is 69.7 Å². The fourth-order valence-electron chi connectivity index (χ4n) is 7.11. The van der Waals surface area contributed by atoms with E-state index in [4.69, 9.17) is 15.9 Å². The van der Waals surface area contributed by atoms with Crippen molar-refractivity contribution in [2.45, 2.75) is 153 Å². The third-order valence-electron chi connectivity index (χ3n) is 10.6. The van der Waals surface area contributed by atoms with Crippen molar-refractivity contribution in [1.82, 2.24) is 26.3 Å².